The van der Waals surface area contributed by atoms with Gasteiger partial charge in [-0.3, -0.25) is 0 Å². The maximum Gasteiger partial charge on any atom is 1.00 e. The molecule has 1 radical (unpaired) electrons. The minimum atomic E-state index is -1.28. The van der Waals surface area contributed by atoms with Gasteiger partial charge in [-0.25, -0.2) is 4.79 Å². The summed E-state index contributed by atoms with van der Waals surface area (Å²) in [5, 5.41) is 7.48. The second-order valence-corrected chi connectivity index (χ2v) is 0.619. The molecule has 1 atom stereocenters. The number of rotatable bonds is 0. The van der Waals surface area contributed by atoms with Crippen LogP contribution in [0, 0.1) is 35.6 Å². The molecule has 35 valence electrons. The predicted octanol–water partition coefficient (Wildman–Crippen LogP) is -2.41. The minimum Gasteiger partial charge on any atom is -1.00 e. The number of hydrogen-bond acceptors (Lipinski definition) is 2. The van der Waals surface area contributed by atoms with Gasteiger partial charge in [0.15, 0.2) is 0 Å². The van der Waals surface area contributed by atoms with Crippen LogP contribution in [0.1, 0.15) is 1.43 Å². The van der Waals surface area contributed by atoms with E-state index in [1.54, 1.807) is 9.47 Å². The van der Waals surface area contributed by atoms with E-state index in [2.05, 4.69) is 4.52 Å². The fourth-order valence-corrected chi connectivity index (χ4v) is 0. The summed E-state index contributed by atoms with van der Waals surface area (Å²) in [5.41, 5.74) is 0. The van der Waals surface area contributed by atoms with Gasteiger partial charge >= 0.3 is 35.7 Å². The van der Waals surface area contributed by atoms with Crippen LogP contribution in [-0.4, -0.2) is 11.3 Å². The van der Waals surface area contributed by atoms with Crippen LogP contribution in [0.3, 0.4) is 0 Å². The zero-order valence-electron chi connectivity index (χ0n) is 4.92. The maximum atomic E-state index is 9.12. The molecule has 0 saturated carbocycles. The molecule has 1 N–H and O–H groups in total. The number of carbonyl (C=O) groups is 1. The molecule has 0 rings (SSSR count). The van der Waals surface area contributed by atoms with E-state index in [1.807, 2.05) is 0 Å². The fraction of sp³-hybridized carbons (Fsp3) is 0. The number of carboxylic acid groups (broad SMARTS) is 1. The van der Waals surface area contributed by atoms with Crippen molar-refractivity contribution in [3.63, 3.8) is 0 Å². The molecule has 0 aliphatic rings. The zero-order chi connectivity index (χ0) is 4.28. The molecule has 0 aliphatic heterocycles. The Kier molecular flexibility index (Phi) is 24.6. The second kappa shape index (κ2) is 10.8. The first-order valence-corrected chi connectivity index (χ1v) is 1.34. The van der Waals surface area contributed by atoms with Crippen LogP contribution >= 0.6 is 9.47 Å². The first-order chi connectivity index (χ1) is 2.27. The third kappa shape index (κ3) is 18.1. The van der Waals surface area contributed by atoms with Crippen LogP contribution in [0.4, 0.5) is 4.79 Å². The molecule has 7 heavy (non-hydrogen) atoms. The first-order valence-electron chi connectivity index (χ1n) is 0.868. The molecule has 6 heteroatoms. The molecule has 0 bridgehead atoms. The van der Waals surface area contributed by atoms with Crippen LogP contribution in [0.25, 0.3) is 0 Å². The van der Waals surface area contributed by atoms with Crippen LogP contribution in [0.15, 0.2) is 0 Å². The summed E-state index contributed by atoms with van der Waals surface area (Å²) in [7, 11) is 1.59. The SMILES string of the molecule is O=C(O)OP.[H-].[La].[Na+]. The monoisotopic (exact) mass is 257 g/mol. The quantitative estimate of drug-likeness (QED) is 0.388. The van der Waals surface area contributed by atoms with Gasteiger partial charge in [-0.05, 0) is 0 Å². The summed E-state index contributed by atoms with van der Waals surface area (Å²) in [6, 6.07) is 0. The van der Waals surface area contributed by atoms with E-state index < -0.39 is 6.16 Å². The van der Waals surface area contributed by atoms with E-state index in [0.29, 0.717) is 0 Å². The second-order valence-electron chi connectivity index (χ2n) is 0.384. The van der Waals surface area contributed by atoms with Gasteiger partial charge in [-0.1, -0.05) is 0 Å². The van der Waals surface area contributed by atoms with Crippen molar-refractivity contribution < 1.29 is 81.0 Å². The molecular weight excluding hydrogens is 253 g/mol. The zero-order valence-corrected chi connectivity index (χ0v) is 10.7. The van der Waals surface area contributed by atoms with E-state index in [4.69, 9.17) is 9.90 Å². The van der Waals surface area contributed by atoms with E-state index in [9.17, 15) is 0 Å². The molecule has 0 fully saturated rings. The largest absolute Gasteiger partial charge is 1.00 e. The van der Waals surface area contributed by atoms with Crippen LogP contribution in [-0.2, 0) is 4.52 Å². The van der Waals surface area contributed by atoms with Gasteiger partial charge < -0.3 is 11.1 Å². The van der Waals surface area contributed by atoms with Crippen molar-refractivity contribution in [2.45, 2.75) is 0 Å². The normalized spacial score (nSPS) is 4.71. The molecule has 3 nitrogen and oxygen atoms in total. The predicted molar refractivity (Wildman–Crippen MR) is 19.9 cm³/mol. The van der Waals surface area contributed by atoms with Crippen LogP contribution < -0.4 is 29.6 Å². The molecule has 0 aromatic rings. The third-order valence-corrected chi connectivity index (χ3v) is 0.302. The Balaban J connectivity index is -0.0000000267. The van der Waals surface area contributed by atoms with Crippen molar-refractivity contribution in [3.8, 4) is 0 Å². The fourth-order valence-electron chi connectivity index (χ4n) is 0. The van der Waals surface area contributed by atoms with Crippen molar-refractivity contribution in [2.75, 3.05) is 0 Å². The number of hydrogen-bond donors (Lipinski definition) is 1. The Morgan fingerprint density at radius 3 is 2.00 bits per heavy atom. The summed E-state index contributed by atoms with van der Waals surface area (Å²) in [5.74, 6) is 0. The van der Waals surface area contributed by atoms with Crippen LogP contribution in [0.2, 0.25) is 0 Å². The summed E-state index contributed by atoms with van der Waals surface area (Å²) in [6.07, 6.45) is -1.28. The molecule has 0 amide bonds. The Morgan fingerprint density at radius 2 is 2.00 bits per heavy atom. The maximum absolute atomic E-state index is 9.12. The molecule has 0 aromatic heterocycles. The van der Waals surface area contributed by atoms with Crippen molar-refractivity contribution in [3.05, 3.63) is 0 Å². The molecule has 0 spiro atoms. The molecule has 1 unspecified atom stereocenters. The average molecular weight is 257 g/mol. The molecule has 0 aliphatic carbocycles. The molecule has 0 saturated heterocycles. The third-order valence-electron chi connectivity index (χ3n) is 0.101. The topological polar surface area (TPSA) is 46.5 Å². The Hall–Kier alpha value is 1.89. The van der Waals surface area contributed by atoms with E-state index >= 15 is 0 Å². The summed E-state index contributed by atoms with van der Waals surface area (Å²) in [4.78, 5) is 9.12. The Bertz CT molecular complexity index is 54.5. The first kappa shape index (κ1) is 16.0. The molecule has 0 aromatic carbocycles. The molecule has 0 heterocycles. The van der Waals surface area contributed by atoms with Gasteiger partial charge in [0.25, 0.3) is 0 Å². The van der Waals surface area contributed by atoms with Gasteiger partial charge in [-0.15, -0.1) is 0 Å². The van der Waals surface area contributed by atoms with Gasteiger partial charge in [0.05, 0.1) is 9.47 Å². The van der Waals surface area contributed by atoms with E-state index in [1.165, 1.54) is 0 Å². The smallest absolute Gasteiger partial charge is 1.00 e. The van der Waals surface area contributed by atoms with Crippen LogP contribution in [0.5, 0.6) is 0 Å². The Morgan fingerprint density at radius 1 is 1.86 bits per heavy atom. The minimum absolute atomic E-state index is 0. The summed E-state index contributed by atoms with van der Waals surface area (Å²) in [6.45, 7) is 0. The van der Waals surface area contributed by atoms with E-state index in [0.717, 1.165) is 0 Å². The van der Waals surface area contributed by atoms with Crippen molar-refractivity contribution >= 4 is 15.6 Å². The molecular formula is CH4LaNaO3P. The van der Waals surface area contributed by atoms with Gasteiger partial charge in [0.2, 0.25) is 0 Å². The van der Waals surface area contributed by atoms with Gasteiger partial charge in [0.1, 0.15) is 0 Å². The Labute approximate surface area is 95.2 Å². The van der Waals surface area contributed by atoms with Gasteiger partial charge in [-0.2, -0.15) is 0 Å². The van der Waals surface area contributed by atoms with Crippen molar-refractivity contribution in [1.82, 2.24) is 0 Å². The van der Waals surface area contributed by atoms with Gasteiger partial charge in [0, 0.05) is 35.6 Å². The standard InChI is InChI=1S/CH3O3P.La.Na.H/c2-1(3)4-5;;;/h5H2,(H,2,3);;;/q;;+1;-1. The van der Waals surface area contributed by atoms with E-state index in [-0.39, 0.29) is 66.6 Å². The average Bonchev–Trinajstić information content (AvgIpc) is 1.38. The summed E-state index contributed by atoms with van der Waals surface area (Å²) >= 11 is 0. The summed E-state index contributed by atoms with van der Waals surface area (Å²) < 4.78 is 3.58. The van der Waals surface area contributed by atoms with Crippen molar-refractivity contribution in [1.29, 1.82) is 0 Å². The van der Waals surface area contributed by atoms with Crippen molar-refractivity contribution in [2.24, 2.45) is 0 Å².